The molecule has 0 saturated heterocycles. The summed E-state index contributed by atoms with van der Waals surface area (Å²) >= 11 is 0. The zero-order valence-electron chi connectivity index (χ0n) is 9.75. The van der Waals surface area contributed by atoms with E-state index >= 15 is 0 Å². The van der Waals surface area contributed by atoms with Crippen molar-refractivity contribution in [3.05, 3.63) is 29.6 Å². The van der Waals surface area contributed by atoms with Gasteiger partial charge >= 0.3 is 12.3 Å². The Morgan fingerprint density at radius 1 is 1.50 bits per heavy atom. The van der Waals surface area contributed by atoms with Crippen molar-refractivity contribution in [3.8, 4) is 0 Å². The van der Waals surface area contributed by atoms with Crippen molar-refractivity contribution in [2.75, 3.05) is 6.61 Å². The summed E-state index contributed by atoms with van der Waals surface area (Å²) < 4.78 is 39.3. The minimum absolute atomic E-state index is 0.0424. The van der Waals surface area contributed by atoms with Gasteiger partial charge in [-0.3, -0.25) is 4.98 Å². The molecular weight excluding hydrogens is 249 g/mol. The fraction of sp³-hybridized carbons (Fsp3) is 0.455. The number of rotatable bonds is 4. The van der Waals surface area contributed by atoms with Crippen LogP contribution in [0.3, 0.4) is 0 Å². The van der Waals surface area contributed by atoms with Gasteiger partial charge in [0, 0.05) is 6.20 Å². The van der Waals surface area contributed by atoms with Crippen LogP contribution in [0.4, 0.5) is 18.0 Å². The molecule has 0 saturated carbocycles. The maximum Gasteiger partial charge on any atom is 0.422 e. The fourth-order valence-corrected chi connectivity index (χ4v) is 1.31. The maximum absolute atomic E-state index is 11.8. The molecule has 0 aromatic carbocycles. The van der Waals surface area contributed by atoms with Gasteiger partial charge in [0.25, 0.3) is 0 Å². The first-order valence-corrected chi connectivity index (χ1v) is 5.32. The van der Waals surface area contributed by atoms with Crippen molar-refractivity contribution in [1.29, 1.82) is 0 Å². The van der Waals surface area contributed by atoms with E-state index in [1.165, 1.54) is 0 Å². The van der Waals surface area contributed by atoms with Gasteiger partial charge in [0.2, 0.25) is 0 Å². The van der Waals surface area contributed by atoms with Crippen molar-refractivity contribution in [2.45, 2.75) is 26.1 Å². The molecule has 1 N–H and O–H groups in total. The van der Waals surface area contributed by atoms with Crippen LogP contribution in [-0.4, -0.2) is 23.9 Å². The molecule has 0 radical (unpaired) electrons. The van der Waals surface area contributed by atoms with Crippen LogP contribution in [0.5, 0.6) is 0 Å². The van der Waals surface area contributed by atoms with E-state index in [1.54, 1.807) is 12.3 Å². The van der Waals surface area contributed by atoms with Crippen LogP contribution < -0.4 is 5.32 Å². The number of aromatic nitrogens is 1. The van der Waals surface area contributed by atoms with Gasteiger partial charge in [-0.25, -0.2) is 4.79 Å². The van der Waals surface area contributed by atoms with Crippen LogP contribution in [-0.2, 0) is 17.7 Å². The largest absolute Gasteiger partial charge is 0.440 e. The molecule has 100 valence electrons. The third-order valence-corrected chi connectivity index (χ3v) is 2.13. The Morgan fingerprint density at radius 3 is 2.83 bits per heavy atom. The Morgan fingerprint density at radius 2 is 2.22 bits per heavy atom. The molecule has 0 aliphatic carbocycles. The summed E-state index contributed by atoms with van der Waals surface area (Å²) in [6.45, 7) is 0.366. The van der Waals surface area contributed by atoms with E-state index in [0.29, 0.717) is 5.69 Å². The summed E-state index contributed by atoms with van der Waals surface area (Å²) in [5, 5.41) is 2.22. The number of ether oxygens (including phenoxy) is 1. The molecule has 0 unspecified atom stereocenters. The summed E-state index contributed by atoms with van der Waals surface area (Å²) in [5.74, 6) is 0. The van der Waals surface area contributed by atoms with E-state index in [9.17, 15) is 18.0 Å². The lowest BCUT2D eigenvalue weighted by Crippen LogP contribution is -2.29. The number of alkyl carbamates (subject to hydrolysis) is 1. The summed E-state index contributed by atoms with van der Waals surface area (Å²) in [4.78, 5) is 15.0. The number of halogens is 3. The molecule has 1 aromatic rings. The number of nitrogens with one attached hydrogen (secondary N) is 1. The molecule has 1 rings (SSSR count). The van der Waals surface area contributed by atoms with E-state index in [-0.39, 0.29) is 6.54 Å². The van der Waals surface area contributed by atoms with E-state index in [1.807, 2.05) is 13.0 Å². The fourth-order valence-electron chi connectivity index (χ4n) is 1.31. The molecule has 0 atom stereocenters. The standard InChI is InChI=1S/C11H13F3N2O2/c1-2-8-4-3-5-15-9(8)6-16-10(17)18-7-11(12,13)14/h3-5H,2,6-7H2,1H3,(H,16,17). The molecular formula is C11H13F3N2O2. The molecule has 0 fully saturated rings. The first kappa shape index (κ1) is 14.3. The van der Waals surface area contributed by atoms with Crippen molar-refractivity contribution in [3.63, 3.8) is 0 Å². The second kappa shape index (κ2) is 6.23. The van der Waals surface area contributed by atoms with Crippen LogP contribution >= 0.6 is 0 Å². The monoisotopic (exact) mass is 262 g/mol. The topological polar surface area (TPSA) is 51.2 Å². The number of carbonyl (C=O) groups is 1. The minimum Gasteiger partial charge on any atom is -0.440 e. The minimum atomic E-state index is -4.52. The normalized spacial score (nSPS) is 11.1. The Labute approximate surface area is 102 Å². The Hall–Kier alpha value is -1.79. The number of alkyl halides is 3. The van der Waals surface area contributed by atoms with Crippen molar-refractivity contribution in [1.82, 2.24) is 10.3 Å². The van der Waals surface area contributed by atoms with Gasteiger partial charge in [-0.05, 0) is 18.1 Å². The predicted octanol–water partition coefficient (Wildman–Crippen LogP) is 2.43. The molecule has 1 amide bonds. The lowest BCUT2D eigenvalue weighted by atomic mass is 10.1. The van der Waals surface area contributed by atoms with Gasteiger partial charge in [-0.2, -0.15) is 13.2 Å². The van der Waals surface area contributed by atoms with Gasteiger partial charge < -0.3 is 10.1 Å². The summed E-state index contributed by atoms with van der Waals surface area (Å²) in [5.41, 5.74) is 1.54. The molecule has 0 spiro atoms. The molecule has 0 aliphatic rings. The Bertz CT molecular complexity index is 408. The quantitative estimate of drug-likeness (QED) is 0.906. The van der Waals surface area contributed by atoms with E-state index in [4.69, 9.17) is 0 Å². The lowest BCUT2D eigenvalue weighted by Gasteiger charge is -2.10. The number of pyridine rings is 1. The second-order valence-electron chi connectivity index (χ2n) is 3.51. The van der Waals surface area contributed by atoms with Crippen LogP contribution in [0.15, 0.2) is 18.3 Å². The zero-order valence-corrected chi connectivity index (χ0v) is 9.75. The third kappa shape index (κ3) is 5.03. The molecule has 0 aliphatic heterocycles. The molecule has 1 aromatic heterocycles. The Balaban J connectivity index is 2.43. The van der Waals surface area contributed by atoms with E-state index in [2.05, 4.69) is 15.0 Å². The number of amides is 1. The number of aryl methyl sites for hydroxylation is 1. The van der Waals surface area contributed by atoms with Gasteiger partial charge in [0.1, 0.15) is 0 Å². The summed E-state index contributed by atoms with van der Waals surface area (Å²) in [7, 11) is 0. The summed E-state index contributed by atoms with van der Waals surface area (Å²) in [6.07, 6.45) is -3.35. The van der Waals surface area contributed by atoms with E-state index in [0.717, 1.165) is 12.0 Å². The first-order chi connectivity index (χ1) is 8.42. The maximum atomic E-state index is 11.8. The molecule has 4 nitrogen and oxygen atoms in total. The van der Waals surface area contributed by atoms with Gasteiger partial charge in [-0.1, -0.05) is 13.0 Å². The van der Waals surface area contributed by atoms with Crippen molar-refractivity contribution in [2.24, 2.45) is 0 Å². The van der Waals surface area contributed by atoms with Crippen molar-refractivity contribution >= 4 is 6.09 Å². The highest BCUT2D eigenvalue weighted by molar-refractivity contribution is 5.67. The number of nitrogens with zero attached hydrogens (tertiary/aromatic N) is 1. The van der Waals surface area contributed by atoms with Gasteiger partial charge in [-0.15, -0.1) is 0 Å². The highest BCUT2D eigenvalue weighted by Gasteiger charge is 2.29. The van der Waals surface area contributed by atoms with Gasteiger partial charge in [0.15, 0.2) is 6.61 Å². The molecule has 0 bridgehead atoms. The van der Waals surface area contributed by atoms with Crippen LogP contribution in [0, 0.1) is 0 Å². The lowest BCUT2D eigenvalue weighted by molar-refractivity contribution is -0.160. The average Bonchev–Trinajstić information content (AvgIpc) is 2.33. The third-order valence-electron chi connectivity index (χ3n) is 2.13. The molecule has 18 heavy (non-hydrogen) atoms. The smallest absolute Gasteiger partial charge is 0.422 e. The highest BCUT2D eigenvalue weighted by Crippen LogP contribution is 2.14. The number of carbonyl (C=O) groups excluding carboxylic acids is 1. The summed E-state index contributed by atoms with van der Waals surface area (Å²) in [6, 6.07) is 3.59. The van der Waals surface area contributed by atoms with Gasteiger partial charge in [0.05, 0.1) is 12.2 Å². The first-order valence-electron chi connectivity index (χ1n) is 5.32. The predicted molar refractivity (Wildman–Crippen MR) is 57.9 cm³/mol. The van der Waals surface area contributed by atoms with Crippen LogP contribution in [0.25, 0.3) is 0 Å². The van der Waals surface area contributed by atoms with Crippen LogP contribution in [0.2, 0.25) is 0 Å². The molecule has 7 heteroatoms. The van der Waals surface area contributed by atoms with Crippen molar-refractivity contribution < 1.29 is 22.7 Å². The average molecular weight is 262 g/mol. The number of hydrogen-bond donors (Lipinski definition) is 1. The SMILES string of the molecule is CCc1cccnc1CNC(=O)OCC(F)(F)F. The molecule has 1 heterocycles. The van der Waals surface area contributed by atoms with E-state index < -0.39 is 18.9 Å². The Kier molecular flexibility index (Phi) is 4.94. The number of hydrogen-bond acceptors (Lipinski definition) is 3. The zero-order chi connectivity index (χ0) is 13.6. The second-order valence-corrected chi connectivity index (χ2v) is 3.51. The highest BCUT2D eigenvalue weighted by atomic mass is 19.4. The van der Waals surface area contributed by atoms with Crippen LogP contribution in [0.1, 0.15) is 18.2 Å².